The molecule has 0 N–H and O–H groups in total. The van der Waals surface area contributed by atoms with Gasteiger partial charge < -0.3 is 4.52 Å². The van der Waals surface area contributed by atoms with Crippen LogP contribution in [0.15, 0.2) is 53.2 Å². The molecule has 24 heavy (non-hydrogen) atoms. The minimum Gasteiger partial charge on any atom is -0.334 e. The number of aromatic nitrogens is 4. The van der Waals surface area contributed by atoms with Gasteiger partial charge in [-0.15, -0.1) is 0 Å². The molecule has 0 unspecified atom stereocenters. The average molecular weight is 318 g/mol. The Balaban J connectivity index is 1.78. The largest absolute Gasteiger partial charge is 0.334 e. The van der Waals surface area contributed by atoms with Crippen LogP contribution in [0.1, 0.15) is 25.5 Å². The number of nitrogens with zero attached hydrogens (tertiary/aromatic N) is 4. The Morgan fingerprint density at radius 1 is 1.08 bits per heavy atom. The van der Waals surface area contributed by atoms with E-state index < -0.39 is 0 Å². The molecule has 5 heteroatoms. The van der Waals surface area contributed by atoms with Crippen molar-refractivity contribution in [1.82, 2.24) is 19.9 Å². The second-order valence-electron chi connectivity index (χ2n) is 6.19. The zero-order chi connectivity index (χ0) is 16.7. The fourth-order valence-electron chi connectivity index (χ4n) is 2.86. The molecule has 0 spiro atoms. The van der Waals surface area contributed by atoms with Gasteiger partial charge in [-0.1, -0.05) is 35.5 Å². The van der Waals surface area contributed by atoms with Gasteiger partial charge >= 0.3 is 0 Å². The molecule has 0 fully saturated rings. The Morgan fingerprint density at radius 3 is 2.71 bits per heavy atom. The molecule has 0 aliphatic carbocycles. The molecule has 0 bridgehead atoms. The van der Waals surface area contributed by atoms with E-state index in [9.17, 15) is 0 Å². The third-order valence-corrected chi connectivity index (χ3v) is 4.15. The number of rotatable bonds is 3. The first-order valence-corrected chi connectivity index (χ1v) is 8.01. The van der Waals surface area contributed by atoms with Crippen molar-refractivity contribution in [2.45, 2.75) is 26.8 Å². The number of fused-ring (bicyclic) bond motifs is 1. The van der Waals surface area contributed by atoms with Crippen LogP contribution in [0.25, 0.3) is 33.7 Å². The smallest absolute Gasteiger partial charge is 0.258 e. The van der Waals surface area contributed by atoms with Gasteiger partial charge in [0.1, 0.15) is 0 Å². The van der Waals surface area contributed by atoms with Crippen molar-refractivity contribution in [1.29, 1.82) is 0 Å². The molecule has 2 heterocycles. The maximum atomic E-state index is 5.50. The van der Waals surface area contributed by atoms with Gasteiger partial charge in [0.15, 0.2) is 0 Å². The summed E-state index contributed by atoms with van der Waals surface area (Å²) < 4.78 is 7.49. The minimum atomic E-state index is 0.294. The van der Waals surface area contributed by atoms with Gasteiger partial charge in [0.2, 0.25) is 5.82 Å². The van der Waals surface area contributed by atoms with E-state index >= 15 is 0 Å². The maximum absolute atomic E-state index is 5.50. The zero-order valence-corrected chi connectivity index (χ0v) is 13.9. The molecule has 0 atom stereocenters. The first-order valence-electron chi connectivity index (χ1n) is 8.01. The van der Waals surface area contributed by atoms with Crippen LogP contribution in [-0.4, -0.2) is 19.9 Å². The summed E-state index contributed by atoms with van der Waals surface area (Å²) in [6, 6.07) is 14.4. The van der Waals surface area contributed by atoms with Crippen molar-refractivity contribution in [2.24, 2.45) is 0 Å². The Morgan fingerprint density at radius 2 is 1.92 bits per heavy atom. The van der Waals surface area contributed by atoms with Gasteiger partial charge in [0.05, 0.1) is 11.7 Å². The maximum Gasteiger partial charge on any atom is 0.258 e. The van der Waals surface area contributed by atoms with E-state index in [0.717, 1.165) is 27.6 Å². The van der Waals surface area contributed by atoms with Crippen LogP contribution in [0.2, 0.25) is 0 Å². The Labute approximate surface area is 139 Å². The van der Waals surface area contributed by atoms with Crippen molar-refractivity contribution < 1.29 is 4.52 Å². The van der Waals surface area contributed by atoms with E-state index in [-0.39, 0.29) is 0 Å². The molecule has 0 saturated heterocycles. The number of hydrogen-bond acceptors (Lipinski definition) is 4. The minimum absolute atomic E-state index is 0.294. The topological polar surface area (TPSA) is 56.7 Å². The van der Waals surface area contributed by atoms with E-state index in [2.05, 4.69) is 35.2 Å². The molecule has 0 aliphatic rings. The lowest BCUT2D eigenvalue weighted by molar-refractivity contribution is 0.432. The van der Waals surface area contributed by atoms with Crippen LogP contribution in [0.4, 0.5) is 0 Å². The first kappa shape index (κ1) is 14.6. The molecule has 2 aromatic carbocycles. The fraction of sp³-hybridized carbons (Fsp3) is 0.211. The summed E-state index contributed by atoms with van der Waals surface area (Å²) in [4.78, 5) is 4.57. The normalized spacial score (nSPS) is 11.5. The highest BCUT2D eigenvalue weighted by Crippen LogP contribution is 2.27. The first-order chi connectivity index (χ1) is 11.6. The lowest BCUT2D eigenvalue weighted by Crippen LogP contribution is -2.01. The summed E-state index contributed by atoms with van der Waals surface area (Å²) in [5.41, 5.74) is 4.08. The Bertz CT molecular complexity index is 1010. The summed E-state index contributed by atoms with van der Waals surface area (Å²) in [5.74, 6) is 1.13. The van der Waals surface area contributed by atoms with E-state index in [0.29, 0.717) is 17.8 Å². The van der Waals surface area contributed by atoms with Crippen molar-refractivity contribution in [3.8, 4) is 22.8 Å². The lowest BCUT2D eigenvalue weighted by atomic mass is 10.1. The summed E-state index contributed by atoms with van der Waals surface area (Å²) in [7, 11) is 0. The van der Waals surface area contributed by atoms with Gasteiger partial charge in [0.25, 0.3) is 5.89 Å². The molecular weight excluding hydrogens is 300 g/mol. The molecule has 0 saturated carbocycles. The van der Waals surface area contributed by atoms with Crippen LogP contribution in [0.3, 0.4) is 0 Å². The lowest BCUT2D eigenvalue weighted by Gasteiger charge is -2.07. The fourth-order valence-corrected chi connectivity index (χ4v) is 2.86. The molecule has 2 aromatic heterocycles. The Kier molecular flexibility index (Phi) is 3.41. The van der Waals surface area contributed by atoms with E-state index in [1.165, 1.54) is 0 Å². The standard InChI is InChI=1S/C19H18N4O/c1-12(2)23-17-10-14(8-9-15(17)11-20-23)19-21-18(22-24-19)16-7-5-4-6-13(16)3/h4-12H,1-3H3. The highest BCUT2D eigenvalue weighted by atomic mass is 16.5. The predicted octanol–water partition coefficient (Wildman–Crippen LogP) is 4.64. The van der Waals surface area contributed by atoms with Crippen LogP contribution in [-0.2, 0) is 0 Å². The highest BCUT2D eigenvalue weighted by Gasteiger charge is 2.14. The van der Waals surface area contributed by atoms with E-state index in [4.69, 9.17) is 4.52 Å². The van der Waals surface area contributed by atoms with Crippen LogP contribution in [0.5, 0.6) is 0 Å². The third kappa shape index (κ3) is 2.38. The van der Waals surface area contributed by atoms with Gasteiger partial charge in [-0.05, 0) is 38.5 Å². The van der Waals surface area contributed by atoms with Crippen molar-refractivity contribution in [3.63, 3.8) is 0 Å². The van der Waals surface area contributed by atoms with Crippen molar-refractivity contribution in [2.75, 3.05) is 0 Å². The number of aryl methyl sites for hydroxylation is 1. The molecule has 0 aliphatic heterocycles. The average Bonchev–Trinajstić information content (AvgIpc) is 3.21. The predicted molar refractivity (Wildman–Crippen MR) is 93.6 cm³/mol. The van der Waals surface area contributed by atoms with E-state index in [1.54, 1.807) is 0 Å². The van der Waals surface area contributed by atoms with Gasteiger partial charge in [-0.25, -0.2) is 0 Å². The molecular formula is C19H18N4O. The summed E-state index contributed by atoms with van der Waals surface area (Å²) >= 11 is 0. The second-order valence-corrected chi connectivity index (χ2v) is 6.19. The highest BCUT2D eigenvalue weighted by molar-refractivity contribution is 5.83. The molecule has 4 aromatic rings. The van der Waals surface area contributed by atoms with Crippen molar-refractivity contribution in [3.05, 3.63) is 54.2 Å². The summed E-state index contributed by atoms with van der Waals surface area (Å²) in [6.45, 7) is 6.27. The molecule has 120 valence electrons. The van der Waals surface area contributed by atoms with Crippen LogP contribution >= 0.6 is 0 Å². The number of hydrogen-bond donors (Lipinski definition) is 0. The third-order valence-electron chi connectivity index (χ3n) is 4.15. The van der Waals surface area contributed by atoms with Gasteiger partial charge in [-0.3, -0.25) is 4.68 Å². The van der Waals surface area contributed by atoms with Gasteiger partial charge in [-0.2, -0.15) is 10.1 Å². The molecule has 4 rings (SSSR count). The Hall–Kier alpha value is -2.95. The SMILES string of the molecule is Cc1ccccc1-c1noc(-c2ccc3cnn(C(C)C)c3c2)n1. The molecule has 0 radical (unpaired) electrons. The van der Waals surface area contributed by atoms with Crippen molar-refractivity contribution >= 4 is 10.9 Å². The second kappa shape index (κ2) is 5.60. The monoisotopic (exact) mass is 318 g/mol. The van der Waals surface area contributed by atoms with Gasteiger partial charge in [0, 0.05) is 22.6 Å². The summed E-state index contributed by atoms with van der Waals surface area (Å²) in [6.07, 6.45) is 1.88. The quantitative estimate of drug-likeness (QED) is 0.552. The molecule has 0 amide bonds. The molecule has 5 nitrogen and oxygen atoms in total. The summed E-state index contributed by atoms with van der Waals surface area (Å²) in [5, 5.41) is 9.69. The zero-order valence-electron chi connectivity index (χ0n) is 13.9. The number of benzene rings is 2. The van der Waals surface area contributed by atoms with E-state index in [1.807, 2.05) is 54.2 Å². The van der Waals surface area contributed by atoms with Crippen LogP contribution < -0.4 is 0 Å². The van der Waals surface area contributed by atoms with Crippen LogP contribution in [0, 0.1) is 6.92 Å².